The molecule has 5 heteroatoms. The molecule has 1 unspecified atom stereocenters. The second-order valence-corrected chi connectivity index (χ2v) is 7.62. The normalized spacial score (nSPS) is 13.3. The number of fused-ring (bicyclic) bond motifs is 1. The highest BCUT2D eigenvalue weighted by Crippen LogP contribution is 2.21. The van der Waals surface area contributed by atoms with E-state index in [0.717, 1.165) is 16.5 Å². The summed E-state index contributed by atoms with van der Waals surface area (Å²) in [7, 11) is 1.80. The fraction of sp³-hybridized carbons (Fsp3) is 0.333. The first-order valence-corrected chi connectivity index (χ1v) is 8.99. The summed E-state index contributed by atoms with van der Waals surface area (Å²) in [5, 5.41) is 2.25. The predicted molar refractivity (Wildman–Crippen MR) is 82.9 cm³/mol. The maximum absolute atomic E-state index is 11.1. The van der Waals surface area contributed by atoms with E-state index < -0.39 is 9.05 Å². The van der Waals surface area contributed by atoms with Crippen molar-refractivity contribution >= 4 is 30.5 Å². The fourth-order valence-electron chi connectivity index (χ4n) is 2.04. The van der Waals surface area contributed by atoms with Gasteiger partial charge in [-0.15, -0.1) is 0 Å². The largest absolute Gasteiger partial charge is 0.493 e. The molecule has 0 heterocycles. The van der Waals surface area contributed by atoms with Crippen LogP contribution in [0.15, 0.2) is 42.5 Å². The third-order valence-electron chi connectivity index (χ3n) is 3.22. The van der Waals surface area contributed by atoms with Crippen LogP contribution in [0.1, 0.15) is 13.3 Å². The third kappa shape index (κ3) is 4.39. The van der Waals surface area contributed by atoms with Crippen LogP contribution >= 0.6 is 10.7 Å². The van der Waals surface area contributed by atoms with Crippen LogP contribution in [0.3, 0.4) is 0 Å². The zero-order valence-corrected chi connectivity index (χ0v) is 12.8. The minimum Gasteiger partial charge on any atom is -0.493 e. The van der Waals surface area contributed by atoms with Crippen molar-refractivity contribution in [1.82, 2.24) is 0 Å². The van der Waals surface area contributed by atoms with Gasteiger partial charge in [-0.05, 0) is 29.3 Å². The first-order valence-electron chi connectivity index (χ1n) is 6.52. The van der Waals surface area contributed by atoms with Crippen LogP contribution in [0.5, 0.6) is 5.75 Å². The van der Waals surface area contributed by atoms with Crippen molar-refractivity contribution in [1.29, 1.82) is 0 Å². The molecule has 0 spiro atoms. The average molecular weight is 313 g/mol. The number of ether oxygens (including phenoxy) is 1. The molecule has 0 aliphatic carbocycles. The van der Waals surface area contributed by atoms with Crippen LogP contribution in [0.4, 0.5) is 0 Å². The second-order valence-electron chi connectivity index (χ2n) is 4.80. The average Bonchev–Trinajstić information content (AvgIpc) is 2.42. The molecule has 0 aromatic heterocycles. The van der Waals surface area contributed by atoms with Gasteiger partial charge in [0.05, 0.1) is 12.4 Å². The van der Waals surface area contributed by atoms with Crippen molar-refractivity contribution in [3.63, 3.8) is 0 Å². The number of rotatable bonds is 6. The van der Waals surface area contributed by atoms with Gasteiger partial charge in [-0.25, -0.2) is 8.42 Å². The first kappa shape index (κ1) is 15.1. The molecular formula is C15H17ClO3S. The number of hydrogen-bond acceptors (Lipinski definition) is 3. The summed E-state index contributed by atoms with van der Waals surface area (Å²) in [5.74, 6) is 0.594. The fourth-order valence-corrected chi connectivity index (χ4v) is 3.47. The Labute approximate surface area is 123 Å². The molecule has 2 rings (SSSR count). The molecule has 2 aromatic carbocycles. The highest BCUT2D eigenvalue weighted by atomic mass is 35.7. The van der Waals surface area contributed by atoms with Crippen molar-refractivity contribution in [2.75, 3.05) is 12.4 Å². The van der Waals surface area contributed by atoms with Crippen LogP contribution < -0.4 is 4.74 Å². The summed E-state index contributed by atoms with van der Waals surface area (Å²) in [6, 6.07) is 13.9. The lowest BCUT2D eigenvalue weighted by atomic mass is 10.1. The van der Waals surface area contributed by atoms with E-state index in [0.29, 0.717) is 13.0 Å². The summed E-state index contributed by atoms with van der Waals surface area (Å²) in [6.07, 6.45) is 0.708. The molecular weight excluding hydrogens is 296 g/mol. The van der Waals surface area contributed by atoms with Gasteiger partial charge in [-0.3, -0.25) is 0 Å². The second kappa shape index (κ2) is 6.46. The maximum atomic E-state index is 11.1. The summed E-state index contributed by atoms with van der Waals surface area (Å²) in [6.45, 7) is 2.28. The van der Waals surface area contributed by atoms with Gasteiger partial charge in [-0.2, -0.15) is 0 Å². The molecule has 0 radical (unpaired) electrons. The molecule has 3 nitrogen and oxygen atoms in total. The van der Waals surface area contributed by atoms with Gasteiger partial charge >= 0.3 is 0 Å². The minimum absolute atomic E-state index is 0.0569. The van der Waals surface area contributed by atoms with E-state index >= 15 is 0 Å². The van der Waals surface area contributed by atoms with Crippen molar-refractivity contribution < 1.29 is 13.2 Å². The summed E-state index contributed by atoms with van der Waals surface area (Å²) in [4.78, 5) is 0. The van der Waals surface area contributed by atoms with Gasteiger partial charge < -0.3 is 4.74 Å². The Kier molecular flexibility index (Phi) is 4.89. The number of hydrogen-bond donors (Lipinski definition) is 0. The summed E-state index contributed by atoms with van der Waals surface area (Å²) in [5.41, 5.74) is 0. The van der Waals surface area contributed by atoms with Crippen molar-refractivity contribution in [3.05, 3.63) is 42.5 Å². The predicted octanol–water partition coefficient (Wildman–Crippen LogP) is 3.81. The standard InChI is InChI=1S/C15H17ClO3S/c1-2-12(11-20(16,17)18)10-19-15-8-7-13-5-3-4-6-14(13)9-15/h3-9,12H,2,10-11H2,1H3. The molecule has 0 amide bonds. The zero-order valence-electron chi connectivity index (χ0n) is 11.3. The van der Waals surface area contributed by atoms with Crippen LogP contribution in [-0.4, -0.2) is 20.8 Å². The zero-order chi connectivity index (χ0) is 14.6. The SMILES string of the molecule is CCC(COc1ccc2ccccc2c1)CS(=O)(=O)Cl. The summed E-state index contributed by atoms with van der Waals surface area (Å²) >= 11 is 0. The van der Waals surface area contributed by atoms with Crippen LogP contribution in [0.2, 0.25) is 0 Å². The smallest absolute Gasteiger partial charge is 0.232 e. The highest BCUT2D eigenvalue weighted by Gasteiger charge is 2.16. The monoisotopic (exact) mass is 312 g/mol. The molecule has 0 aliphatic rings. The van der Waals surface area contributed by atoms with Gasteiger partial charge in [-0.1, -0.05) is 37.3 Å². The molecule has 0 saturated heterocycles. The summed E-state index contributed by atoms with van der Waals surface area (Å²) < 4.78 is 27.9. The van der Waals surface area contributed by atoms with E-state index in [1.54, 1.807) is 0 Å². The van der Waals surface area contributed by atoms with Gasteiger partial charge in [0.2, 0.25) is 9.05 Å². The lowest BCUT2D eigenvalue weighted by molar-refractivity contribution is 0.258. The van der Waals surface area contributed by atoms with Crippen LogP contribution in [0.25, 0.3) is 10.8 Å². The molecule has 2 aromatic rings. The van der Waals surface area contributed by atoms with E-state index in [-0.39, 0.29) is 11.7 Å². The Balaban J connectivity index is 2.04. The van der Waals surface area contributed by atoms with Gasteiger partial charge in [0, 0.05) is 16.6 Å². The van der Waals surface area contributed by atoms with Crippen LogP contribution in [0, 0.1) is 5.92 Å². The van der Waals surface area contributed by atoms with Crippen LogP contribution in [-0.2, 0) is 9.05 Å². The van der Waals surface area contributed by atoms with Gasteiger partial charge in [0.15, 0.2) is 0 Å². The molecule has 0 N–H and O–H groups in total. The quantitative estimate of drug-likeness (QED) is 0.762. The van der Waals surface area contributed by atoms with Gasteiger partial charge in [0.25, 0.3) is 0 Å². The topological polar surface area (TPSA) is 43.4 Å². The maximum Gasteiger partial charge on any atom is 0.232 e. The Morgan fingerprint density at radius 3 is 2.50 bits per heavy atom. The Morgan fingerprint density at radius 2 is 1.85 bits per heavy atom. The minimum atomic E-state index is -3.48. The molecule has 0 bridgehead atoms. The molecule has 108 valence electrons. The molecule has 1 atom stereocenters. The molecule has 0 saturated carbocycles. The van der Waals surface area contributed by atoms with Gasteiger partial charge in [0.1, 0.15) is 5.75 Å². The van der Waals surface area contributed by atoms with E-state index in [4.69, 9.17) is 15.4 Å². The number of halogens is 1. The molecule has 0 fully saturated rings. The lowest BCUT2D eigenvalue weighted by Gasteiger charge is -2.14. The molecule has 20 heavy (non-hydrogen) atoms. The number of benzene rings is 2. The van der Waals surface area contributed by atoms with E-state index in [1.165, 1.54) is 0 Å². The Bertz CT molecular complexity index is 682. The highest BCUT2D eigenvalue weighted by molar-refractivity contribution is 8.13. The van der Waals surface area contributed by atoms with E-state index in [2.05, 4.69) is 0 Å². The molecule has 0 aliphatic heterocycles. The van der Waals surface area contributed by atoms with Crippen molar-refractivity contribution in [3.8, 4) is 5.75 Å². The van der Waals surface area contributed by atoms with Crippen molar-refractivity contribution in [2.45, 2.75) is 13.3 Å². The third-order valence-corrected chi connectivity index (χ3v) is 4.47. The van der Waals surface area contributed by atoms with Crippen molar-refractivity contribution in [2.24, 2.45) is 5.92 Å². The lowest BCUT2D eigenvalue weighted by Crippen LogP contribution is -2.18. The Morgan fingerprint density at radius 1 is 1.15 bits per heavy atom. The van der Waals surface area contributed by atoms with E-state index in [9.17, 15) is 8.42 Å². The Hall–Kier alpha value is -1.26. The van der Waals surface area contributed by atoms with E-state index in [1.807, 2.05) is 49.4 Å². The first-order chi connectivity index (χ1) is 9.48.